The minimum atomic E-state index is -3.90. The second-order valence-electron chi connectivity index (χ2n) is 5.45. The lowest BCUT2D eigenvalue weighted by Crippen LogP contribution is -2.06. The summed E-state index contributed by atoms with van der Waals surface area (Å²) >= 11 is 12.5. The Morgan fingerprint density at radius 2 is 1.33 bits per heavy atom. The molecule has 0 aliphatic heterocycles. The van der Waals surface area contributed by atoms with Gasteiger partial charge in [-0.3, -0.25) is 0 Å². The van der Waals surface area contributed by atoms with Crippen LogP contribution in [0.3, 0.4) is 0 Å². The molecule has 7 heteroatoms. The standard InChI is InChI=1S/C20H14ClNO2S3/c21-17-11-13-18(14-12-17)27(23,24)22-19(15-7-3-1-4-8-15)26-20(25)16-9-5-2-6-10-16/h1-14H/b22-19-. The summed E-state index contributed by atoms with van der Waals surface area (Å²) in [6.45, 7) is 0. The maximum absolute atomic E-state index is 12.8. The van der Waals surface area contributed by atoms with Gasteiger partial charge in [-0.2, -0.15) is 12.8 Å². The average molecular weight is 432 g/mol. The Labute approximate surface area is 173 Å². The summed E-state index contributed by atoms with van der Waals surface area (Å²) in [7, 11) is -3.90. The molecule has 0 unspecified atom stereocenters. The van der Waals surface area contributed by atoms with Crippen molar-refractivity contribution in [2.75, 3.05) is 0 Å². The van der Waals surface area contributed by atoms with Crippen molar-refractivity contribution in [3.8, 4) is 0 Å². The first kappa shape index (κ1) is 19.8. The van der Waals surface area contributed by atoms with E-state index in [1.54, 1.807) is 12.1 Å². The van der Waals surface area contributed by atoms with Crippen LogP contribution in [-0.2, 0) is 10.0 Å². The molecule has 0 aliphatic rings. The van der Waals surface area contributed by atoms with Crippen LogP contribution in [0.4, 0.5) is 0 Å². The highest BCUT2D eigenvalue weighted by Gasteiger charge is 2.17. The van der Waals surface area contributed by atoms with Crippen molar-refractivity contribution in [2.45, 2.75) is 4.90 Å². The number of thiocarbonyl (C=S) groups is 1. The fraction of sp³-hybridized carbons (Fsp3) is 0. The first-order chi connectivity index (χ1) is 13.0. The van der Waals surface area contributed by atoms with Gasteiger partial charge in [0, 0.05) is 10.6 Å². The van der Waals surface area contributed by atoms with Crippen LogP contribution >= 0.6 is 35.6 Å². The van der Waals surface area contributed by atoms with Crippen molar-refractivity contribution in [2.24, 2.45) is 4.40 Å². The van der Waals surface area contributed by atoms with Crippen LogP contribution in [0.1, 0.15) is 11.1 Å². The van der Waals surface area contributed by atoms with E-state index in [-0.39, 0.29) is 4.90 Å². The maximum atomic E-state index is 12.8. The Kier molecular flexibility index (Phi) is 6.44. The zero-order valence-corrected chi connectivity index (χ0v) is 17.2. The fourth-order valence-corrected chi connectivity index (χ4v) is 4.74. The highest BCUT2D eigenvalue weighted by Crippen LogP contribution is 2.24. The lowest BCUT2D eigenvalue weighted by molar-refractivity contribution is 0.598. The third-order valence-electron chi connectivity index (χ3n) is 3.53. The number of benzene rings is 3. The van der Waals surface area contributed by atoms with Gasteiger partial charge in [-0.1, -0.05) is 96.2 Å². The summed E-state index contributed by atoms with van der Waals surface area (Å²) in [5, 5.41) is 0.778. The molecule has 0 amide bonds. The molecule has 0 saturated carbocycles. The number of sulfonamides is 1. The van der Waals surface area contributed by atoms with Gasteiger partial charge in [-0.15, -0.1) is 0 Å². The van der Waals surface area contributed by atoms with Gasteiger partial charge in [0.15, 0.2) is 0 Å². The molecule has 136 valence electrons. The van der Waals surface area contributed by atoms with E-state index in [1.807, 2.05) is 48.5 Å². The van der Waals surface area contributed by atoms with Crippen molar-refractivity contribution in [1.82, 2.24) is 0 Å². The van der Waals surface area contributed by atoms with Gasteiger partial charge in [0.1, 0.15) is 5.04 Å². The Balaban J connectivity index is 2.01. The van der Waals surface area contributed by atoms with E-state index in [2.05, 4.69) is 4.40 Å². The molecule has 3 rings (SSSR count). The zero-order valence-electron chi connectivity index (χ0n) is 13.9. The monoisotopic (exact) mass is 431 g/mol. The predicted molar refractivity (Wildman–Crippen MR) is 117 cm³/mol. The molecule has 0 aliphatic carbocycles. The van der Waals surface area contributed by atoms with Crippen molar-refractivity contribution < 1.29 is 8.42 Å². The van der Waals surface area contributed by atoms with E-state index in [0.29, 0.717) is 19.8 Å². The van der Waals surface area contributed by atoms with Gasteiger partial charge in [-0.05, 0) is 29.8 Å². The SMILES string of the molecule is O=S(=O)(/N=C(\SC(=S)c1ccccc1)c1ccccc1)c1ccc(Cl)cc1. The minimum Gasteiger partial charge on any atom is -0.199 e. The highest BCUT2D eigenvalue weighted by molar-refractivity contribution is 8.34. The molecule has 0 saturated heterocycles. The molecular formula is C20H14ClNO2S3. The Hall–Kier alpha value is -1.99. The largest absolute Gasteiger partial charge is 0.283 e. The van der Waals surface area contributed by atoms with Crippen molar-refractivity contribution in [3.63, 3.8) is 0 Å². The normalized spacial score (nSPS) is 12.0. The zero-order chi connectivity index (χ0) is 19.3. The van der Waals surface area contributed by atoms with E-state index in [0.717, 1.165) is 17.3 Å². The Morgan fingerprint density at radius 3 is 1.89 bits per heavy atom. The van der Waals surface area contributed by atoms with Gasteiger partial charge in [0.05, 0.1) is 9.09 Å². The second-order valence-corrected chi connectivity index (χ2v) is 9.15. The Bertz CT molecular complexity index is 1070. The van der Waals surface area contributed by atoms with E-state index in [1.165, 1.54) is 24.3 Å². The molecule has 0 radical (unpaired) electrons. The van der Waals surface area contributed by atoms with Crippen molar-refractivity contribution in [1.29, 1.82) is 0 Å². The molecule has 3 aromatic carbocycles. The van der Waals surface area contributed by atoms with Crippen LogP contribution in [0.25, 0.3) is 0 Å². The Morgan fingerprint density at radius 1 is 0.815 bits per heavy atom. The molecular weight excluding hydrogens is 418 g/mol. The van der Waals surface area contributed by atoms with Crippen molar-refractivity contribution in [3.05, 3.63) is 101 Å². The number of hydrogen-bond acceptors (Lipinski definition) is 4. The van der Waals surface area contributed by atoms with Gasteiger partial charge >= 0.3 is 0 Å². The summed E-state index contributed by atoms with van der Waals surface area (Å²) < 4.78 is 30.1. The number of rotatable bonds is 4. The molecule has 27 heavy (non-hydrogen) atoms. The minimum absolute atomic E-state index is 0.0755. The van der Waals surface area contributed by atoms with Crippen LogP contribution < -0.4 is 0 Å². The summed E-state index contributed by atoms with van der Waals surface area (Å²) in [6, 6.07) is 24.4. The first-order valence-electron chi connectivity index (χ1n) is 7.89. The first-order valence-corrected chi connectivity index (χ1v) is 10.9. The van der Waals surface area contributed by atoms with Crippen LogP contribution in [-0.4, -0.2) is 17.7 Å². The van der Waals surface area contributed by atoms with Gasteiger partial charge in [0.2, 0.25) is 0 Å². The summed E-state index contributed by atoms with van der Waals surface area (Å²) in [5.74, 6) is 0. The molecule has 3 nitrogen and oxygen atoms in total. The second kappa shape index (κ2) is 8.80. The summed E-state index contributed by atoms with van der Waals surface area (Å²) in [6.07, 6.45) is 0. The highest BCUT2D eigenvalue weighted by atomic mass is 35.5. The smallest absolute Gasteiger partial charge is 0.199 e. The number of thioether (sulfide) groups is 1. The molecule has 0 aromatic heterocycles. The van der Waals surface area contributed by atoms with E-state index in [4.69, 9.17) is 23.8 Å². The predicted octanol–water partition coefficient (Wildman–Crippen LogP) is 5.58. The number of nitrogens with zero attached hydrogens (tertiary/aromatic N) is 1. The van der Waals surface area contributed by atoms with Gasteiger partial charge in [0.25, 0.3) is 10.0 Å². The quantitative estimate of drug-likeness (QED) is 0.307. The topological polar surface area (TPSA) is 46.5 Å². The molecule has 0 N–H and O–H groups in total. The van der Waals surface area contributed by atoms with Crippen LogP contribution in [0.15, 0.2) is 94.2 Å². The molecule has 0 spiro atoms. The fourth-order valence-electron chi connectivity index (χ4n) is 2.20. The van der Waals surface area contributed by atoms with Crippen LogP contribution in [0, 0.1) is 0 Å². The molecule has 3 aromatic rings. The van der Waals surface area contributed by atoms with Crippen LogP contribution in [0.2, 0.25) is 5.02 Å². The van der Waals surface area contributed by atoms with Crippen molar-refractivity contribution >= 4 is 54.8 Å². The molecule has 0 heterocycles. The van der Waals surface area contributed by atoms with Gasteiger partial charge < -0.3 is 0 Å². The number of hydrogen-bond donors (Lipinski definition) is 0. The van der Waals surface area contributed by atoms with E-state index in [9.17, 15) is 8.42 Å². The average Bonchev–Trinajstić information content (AvgIpc) is 2.69. The molecule has 0 fully saturated rings. The number of halogens is 1. The van der Waals surface area contributed by atoms with Crippen LogP contribution in [0.5, 0.6) is 0 Å². The maximum Gasteiger partial charge on any atom is 0.283 e. The third kappa shape index (κ3) is 5.26. The third-order valence-corrected chi connectivity index (χ3v) is 6.62. The van der Waals surface area contributed by atoms with E-state index < -0.39 is 10.0 Å². The summed E-state index contributed by atoms with van der Waals surface area (Å²) in [5.41, 5.74) is 1.52. The molecule has 0 bridgehead atoms. The van der Waals surface area contributed by atoms with Gasteiger partial charge in [-0.25, -0.2) is 0 Å². The summed E-state index contributed by atoms with van der Waals surface area (Å²) in [4.78, 5) is 0.0755. The van der Waals surface area contributed by atoms with E-state index >= 15 is 0 Å². The lowest BCUT2D eigenvalue weighted by Gasteiger charge is -2.08. The molecule has 0 atom stereocenters. The lowest BCUT2D eigenvalue weighted by atomic mass is 10.2.